The molecule has 1 nitrogen and oxygen atoms in total. The summed E-state index contributed by atoms with van der Waals surface area (Å²) in [5.74, 6) is 1.07. The molecule has 0 radical (unpaired) electrons. The topological polar surface area (TPSA) is 9.23 Å². The average molecular weight is 301 g/mol. The highest BCUT2D eigenvalue weighted by atomic mass is 35.5. The SMILES string of the molecule is CC1C(Cl)=C([Si](C)(C)C)[C@@H](C2CCCCC2)O[C@H]1C. The van der Waals surface area contributed by atoms with Crippen LogP contribution in [0.4, 0.5) is 0 Å². The molecule has 1 heterocycles. The summed E-state index contributed by atoms with van der Waals surface area (Å²) in [5.41, 5.74) is 0. The molecule has 0 aromatic heterocycles. The van der Waals surface area contributed by atoms with Gasteiger partial charge in [0.05, 0.1) is 20.3 Å². The van der Waals surface area contributed by atoms with E-state index in [0.717, 1.165) is 5.03 Å². The van der Waals surface area contributed by atoms with E-state index in [-0.39, 0.29) is 6.10 Å². The summed E-state index contributed by atoms with van der Waals surface area (Å²) < 4.78 is 6.44. The van der Waals surface area contributed by atoms with E-state index in [1.165, 1.54) is 37.3 Å². The number of rotatable bonds is 2. The first-order valence-electron chi connectivity index (χ1n) is 7.88. The van der Waals surface area contributed by atoms with Crippen LogP contribution in [0, 0.1) is 11.8 Å². The Bertz CT molecular complexity index is 352. The van der Waals surface area contributed by atoms with E-state index in [2.05, 4.69) is 33.5 Å². The lowest BCUT2D eigenvalue weighted by Gasteiger charge is -2.44. The number of hydrogen-bond donors (Lipinski definition) is 0. The number of halogens is 1. The van der Waals surface area contributed by atoms with E-state index in [4.69, 9.17) is 16.3 Å². The van der Waals surface area contributed by atoms with Gasteiger partial charge in [-0.2, -0.15) is 0 Å². The van der Waals surface area contributed by atoms with E-state index in [0.29, 0.717) is 17.9 Å². The maximum Gasteiger partial charge on any atom is 0.0796 e. The lowest BCUT2D eigenvalue weighted by Crippen LogP contribution is -2.46. The molecule has 1 unspecified atom stereocenters. The highest BCUT2D eigenvalue weighted by Gasteiger charge is 2.41. The quantitative estimate of drug-likeness (QED) is 0.624. The van der Waals surface area contributed by atoms with Crippen molar-refractivity contribution in [2.24, 2.45) is 11.8 Å². The van der Waals surface area contributed by atoms with Crippen molar-refractivity contribution in [2.45, 2.75) is 77.8 Å². The van der Waals surface area contributed by atoms with E-state index < -0.39 is 8.07 Å². The largest absolute Gasteiger partial charge is 0.370 e. The Hall–Kier alpha value is 0.207. The summed E-state index contributed by atoms with van der Waals surface area (Å²) in [4.78, 5) is 0. The molecule has 0 N–H and O–H groups in total. The van der Waals surface area contributed by atoms with Crippen molar-refractivity contribution in [2.75, 3.05) is 0 Å². The van der Waals surface area contributed by atoms with Gasteiger partial charge in [-0.25, -0.2) is 0 Å². The molecule has 0 aromatic carbocycles. The zero-order chi connectivity index (χ0) is 14.2. The van der Waals surface area contributed by atoms with Crippen molar-refractivity contribution in [3.63, 3.8) is 0 Å². The van der Waals surface area contributed by atoms with Crippen LogP contribution >= 0.6 is 11.6 Å². The Morgan fingerprint density at radius 1 is 1.05 bits per heavy atom. The van der Waals surface area contributed by atoms with Crippen molar-refractivity contribution in [3.8, 4) is 0 Å². The summed E-state index contributed by atoms with van der Waals surface area (Å²) >= 11 is 6.76. The van der Waals surface area contributed by atoms with Gasteiger partial charge < -0.3 is 4.74 Å². The standard InChI is InChI=1S/C16H29ClOSi/c1-11-12(2)18-15(13-9-7-6-8-10-13)16(14(11)17)19(3,4)5/h11-13,15H,6-10H2,1-5H3/t11?,12-,15+/m0/s1. The molecule has 1 saturated carbocycles. The van der Waals surface area contributed by atoms with Gasteiger partial charge in [0.1, 0.15) is 0 Å². The molecule has 0 saturated heterocycles. The first-order chi connectivity index (χ1) is 8.82. The third-order valence-corrected chi connectivity index (χ3v) is 7.77. The van der Waals surface area contributed by atoms with E-state index in [9.17, 15) is 0 Å². The smallest absolute Gasteiger partial charge is 0.0796 e. The van der Waals surface area contributed by atoms with Crippen LogP contribution in [-0.2, 0) is 4.74 Å². The van der Waals surface area contributed by atoms with Gasteiger partial charge in [0.25, 0.3) is 0 Å². The molecule has 3 heteroatoms. The van der Waals surface area contributed by atoms with Crippen LogP contribution in [0.1, 0.15) is 46.0 Å². The second-order valence-electron chi connectivity index (χ2n) is 7.46. The van der Waals surface area contributed by atoms with E-state index in [1.807, 2.05) is 0 Å². The normalized spacial score (nSPS) is 34.7. The fraction of sp³-hybridized carbons (Fsp3) is 0.875. The fourth-order valence-corrected chi connectivity index (χ4v) is 6.81. The Balaban J connectivity index is 2.34. The molecule has 2 aliphatic rings. The summed E-state index contributed by atoms with van der Waals surface area (Å²) in [7, 11) is -1.42. The lowest BCUT2D eigenvalue weighted by molar-refractivity contribution is -0.0459. The molecule has 1 fully saturated rings. The van der Waals surface area contributed by atoms with E-state index >= 15 is 0 Å². The summed E-state index contributed by atoms with van der Waals surface area (Å²) in [6, 6.07) is 0. The second kappa shape index (κ2) is 5.91. The first kappa shape index (κ1) is 15.6. The number of hydrogen-bond acceptors (Lipinski definition) is 1. The molecule has 2 rings (SSSR count). The molecule has 0 spiro atoms. The minimum absolute atomic E-state index is 0.263. The Kier molecular flexibility index (Phi) is 4.85. The van der Waals surface area contributed by atoms with Gasteiger partial charge in [-0.1, -0.05) is 57.4 Å². The van der Waals surface area contributed by atoms with Crippen molar-refractivity contribution >= 4 is 19.7 Å². The Morgan fingerprint density at radius 2 is 1.63 bits per heavy atom. The predicted octanol–water partition coefficient (Wildman–Crippen LogP) is 5.36. The lowest BCUT2D eigenvalue weighted by atomic mass is 9.83. The summed E-state index contributed by atoms with van der Waals surface area (Å²) in [6.07, 6.45) is 7.35. The molecule has 19 heavy (non-hydrogen) atoms. The van der Waals surface area contributed by atoms with Crippen molar-refractivity contribution in [3.05, 3.63) is 10.2 Å². The molecule has 0 amide bonds. The maximum atomic E-state index is 6.76. The third-order valence-electron chi connectivity index (χ3n) is 4.89. The van der Waals surface area contributed by atoms with Crippen molar-refractivity contribution in [1.82, 2.24) is 0 Å². The Morgan fingerprint density at radius 3 is 2.16 bits per heavy atom. The first-order valence-corrected chi connectivity index (χ1v) is 11.8. The number of ether oxygens (including phenoxy) is 1. The summed E-state index contributed by atoms with van der Waals surface area (Å²) in [5, 5.41) is 2.64. The van der Waals surface area contributed by atoms with Crippen LogP contribution in [0.2, 0.25) is 19.6 Å². The van der Waals surface area contributed by atoms with Gasteiger partial charge in [0.15, 0.2) is 0 Å². The van der Waals surface area contributed by atoms with Crippen molar-refractivity contribution < 1.29 is 4.74 Å². The van der Waals surface area contributed by atoms with Crippen molar-refractivity contribution in [1.29, 1.82) is 0 Å². The average Bonchev–Trinajstić information content (AvgIpc) is 2.35. The van der Waals surface area contributed by atoms with Crippen LogP contribution in [0.5, 0.6) is 0 Å². The van der Waals surface area contributed by atoms with Crippen LogP contribution in [0.3, 0.4) is 0 Å². The van der Waals surface area contributed by atoms with Crippen LogP contribution in [0.15, 0.2) is 10.2 Å². The van der Waals surface area contributed by atoms with Gasteiger partial charge in [-0.05, 0) is 30.9 Å². The second-order valence-corrected chi connectivity index (χ2v) is 12.9. The van der Waals surface area contributed by atoms with Crippen LogP contribution in [-0.4, -0.2) is 20.3 Å². The molecule has 1 aliphatic heterocycles. The molecule has 110 valence electrons. The van der Waals surface area contributed by atoms with Gasteiger partial charge in [-0.15, -0.1) is 0 Å². The molecular formula is C16H29ClOSi. The molecule has 1 aliphatic carbocycles. The minimum atomic E-state index is -1.42. The summed E-state index contributed by atoms with van der Waals surface area (Å²) in [6.45, 7) is 11.6. The van der Waals surface area contributed by atoms with E-state index in [1.54, 1.807) is 0 Å². The molecule has 3 atom stereocenters. The zero-order valence-corrected chi connectivity index (χ0v) is 14.9. The van der Waals surface area contributed by atoms with Gasteiger partial charge in [-0.3, -0.25) is 0 Å². The molecule has 0 aromatic rings. The predicted molar refractivity (Wildman–Crippen MR) is 86.3 cm³/mol. The van der Waals surface area contributed by atoms with Crippen LogP contribution < -0.4 is 0 Å². The fourth-order valence-electron chi connectivity index (χ4n) is 3.57. The van der Waals surface area contributed by atoms with Gasteiger partial charge >= 0.3 is 0 Å². The van der Waals surface area contributed by atoms with Gasteiger partial charge in [0, 0.05) is 11.0 Å². The minimum Gasteiger partial charge on any atom is -0.370 e. The highest BCUT2D eigenvalue weighted by molar-refractivity contribution is 6.84. The monoisotopic (exact) mass is 300 g/mol. The maximum absolute atomic E-state index is 6.76. The Labute approximate surface area is 124 Å². The van der Waals surface area contributed by atoms with Gasteiger partial charge in [0.2, 0.25) is 0 Å². The third kappa shape index (κ3) is 3.28. The highest BCUT2D eigenvalue weighted by Crippen LogP contribution is 2.43. The molecule has 0 bridgehead atoms. The van der Waals surface area contributed by atoms with Crippen LogP contribution in [0.25, 0.3) is 0 Å². The molecular weight excluding hydrogens is 272 g/mol. The zero-order valence-electron chi connectivity index (χ0n) is 13.1.